The quantitative estimate of drug-likeness (QED) is 0.393. The van der Waals surface area contributed by atoms with Gasteiger partial charge in [0.25, 0.3) is 0 Å². The number of thiocarbonyl (C=S) groups is 1. The number of pyridine rings is 1. The van der Waals surface area contributed by atoms with Crippen molar-refractivity contribution in [1.29, 1.82) is 0 Å². The molecule has 33 heavy (non-hydrogen) atoms. The third-order valence-electron chi connectivity index (χ3n) is 7.17. The third kappa shape index (κ3) is 4.45. The summed E-state index contributed by atoms with van der Waals surface area (Å²) in [4.78, 5) is 7.22. The molecule has 6 rings (SSSR count). The van der Waals surface area contributed by atoms with Gasteiger partial charge in [0.1, 0.15) is 5.75 Å². The first-order valence-corrected chi connectivity index (χ1v) is 12.0. The molecule has 0 saturated carbocycles. The molecule has 4 heterocycles. The van der Waals surface area contributed by atoms with Gasteiger partial charge in [-0.25, -0.2) is 0 Å². The van der Waals surface area contributed by atoms with Crippen molar-refractivity contribution >= 4 is 33.9 Å². The van der Waals surface area contributed by atoms with Gasteiger partial charge in [0.2, 0.25) is 0 Å². The second kappa shape index (κ2) is 9.49. The van der Waals surface area contributed by atoms with Crippen molar-refractivity contribution in [1.82, 2.24) is 15.2 Å². The molecule has 3 fully saturated rings. The fourth-order valence-corrected chi connectivity index (χ4v) is 5.72. The van der Waals surface area contributed by atoms with Crippen LogP contribution in [-0.4, -0.2) is 41.2 Å². The predicted octanol–water partition coefficient (Wildman–Crippen LogP) is 5.17. The van der Waals surface area contributed by atoms with Crippen molar-refractivity contribution in [3.05, 3.63) is 79.0 Å². The van der Waals surface area contributed by atoms with Gasteiger partial charge in [0.05, 0.1) is 18.7 Å². The molecule has 2 aromatic carbocycles. The molecular weight excluding hydrogens is 428 g/mol. The monoisotopic (exact) mass is 458 g/mol. The van der Waals surface area contributed by atoms with Gasteiger partial charge in [-0.15, -0.1) is 6.58 Å². The van der Waals surface area contributed by atoms with Crippen LogP contribution in [0.4, 0.5) is 5.69 Å². The van der Waals surface area contributed by atoms with Crippen LogP contribution in [0.3, 0.4) is 0 Å². The number of benzene rings is 2. The van der Waals surface area contributed by atoms with Crippen molar-refractivity contribution in [2.45, 2.75) is 24.9 Å². The Morgan fingerprint density at radius 1 is 1.24 bits per heavy atom. The van der Waals surface area contributed by atoms with Gasteiger partial charge in [0.15, 0.2) is 5.11 Å². The van der Waals surface area contributed by atoms with Crippen LogP contribution in [0, 0.1) is 11.8 Å². The van der Waals surface area contributed by atoms with Gasteiger partial charge in [-0.2, -0.15) is 0 Å². The van der Waals surface area contributed by atoms with Crippen molar-refractivity contribution in [3.8, 4) is 5.75 Å². The smallest absolute Gasteiger partial charge is 0.171 e. The number of ether oxygens (including phenoxy) is 1. The fourth-order valence-electron chi connectivity index (χ4n) is 5.48. The maximum absolute atomic E-state index is 5.79. The van der Waals surface area contributed by atoms with Gasteiger partial charge in [-0.3, -0.25) is 9.88 Å². The molecule has 3 aliphatic heterocycles. The number of nitrogens with one attached hydrogen (secondary N) is 2. The number of anilines is 1. The molecule has 170 valence electrons. The normalized spacial score (nSPS) is 24.8. The van der Waals surface area contributed by atoms with Crippen LogP contribution in [0.2, 0.25) is 0 Å². The highest BCUT2D eigenvalue weighted by atomic mass is 32.1. The van der Waals surface area contributed by atoms with Gasteiger partial charge in [-0.1, -0.05) is 24.3 Å². The molecule has 5 nitrogen and oxygen atoms in total. The van der Waals surface area contributed by atoms with Crippen molar-refractivity contribution in [2.24, 2.45) is 11.8 Å². The van der Waals surface area contributed by atoms with Crippen LogP contribution in [0.25, 0.3) is 10.9 Å². The molecule has 5 atom stereocenters. The Bertz CT molecular complexity index is 1150. The zero-order chi connectivity index (χ0) is 22.8. The Labute approximate surface area is 200 Å². The van der Waals surface area contributed by atoms with E-state index in [0.29, 0.717) is 23.0 Å². The zero-order valence-corrected chi connectivity index (χ0v) is 19.7. The summed E-state index contributed by atoms with van der Waals surface area (Å²) < 4.78 is 5.53. The fraction of sp³-hybridized carbons (Fsp3) is 0.333. The molecule has 3 unspecified atom stereocenters. The van der Waals surface area contributed by atoms with E-state index in [1.807, 2.05) is 48.7 Å². The summed E-state index contributed by atoms with van der Waals surface area (Å²) in [6.07, 6.45) is 6.40. The summed E-state index contributed by atoms with van der Waals surface area (Å²) in [5.74, 6) is 2.07. The molecule has 0 radical (unpaired) electrons. The highest BCUT2D eigenvalue weighted by molar-refractivity contribution is 7.80. The van der Waals surface area contributed by atoms with E-state index in [1.54, 1.807) is 7.11 Å². The van der Waals surface area contributed by atoms with E-state index < -0.39 is 0 Å². The van der Waals surface area contributed by atoms with Gasteiger partial charge in [0, 0.05) is 29.9 Å². The maximum atomic E-state index is 5.79. The molecule has 2 N–H and O–H groups in total. The second-order valence-electron chi connectivity index (χ2n) is 8.97. The summed E-state index contributed by atoms with van der Waals surface area (Å²) >= 11 is 5.79. The standard InChI is InChI=1S/C27H30N4OS/c1-3-18-17-31-14-12-19(18)15-25(31)26(30-27(33)29-20-7-5-4-6-8-20)22-11-13-28-24-10-9-21(32-2)16-23(22)24/h3-11,13,16,18-19,25-26H,1,12,14-15,17H2,2H3,(H2,29,30,33)/t18?,19?,25-,26-/m0/s1. The van der Waals surface area contributed by atoms with Crippen molar-refractivity contribution < 1.29 is 4.74 Å². The first kappa shape index (κ1) is 21.9. The third-order valence-corrected chi connectivity index (χ3v) is 7.39. The minimum absolute atomic E-state index is 0.0277. The summed E-state index contributed by atoms with van der Waals surface area (Å²) in [5.41, 5.74) is 3.14. The zero-order valence-electron chi connectivity index (χ0n) is 18.9. The average Bonchev–Trinajstić information content (AvgIpc) is 2.87. The minimum Gasteiger partial charge on any atom is -0.497 e. The number of aromatic nitrogens is 1. The lowest BCUT2D eigenvalue weighted by Crippen LogP contribution is -2.57. The van der Waals surface area contributed by atoms with E-state index in [9.17, 15) is 0 Å². The van der Waals surface area contributed by atoms with Crippen molar-refractivity contribution in [2.75, 3.05) is 25.5 Å². The molecule has 3 saturated heterocycles. The average molecular weight is 459 g/mol. The van der Waals surface area contributed by atoms with E-state index in [-0.39, 0.29) is 6.04 Å². The Morgan fingerprint density at radius 2 is 2.09 bits per heavy atom. The Morgan fingerprint density at radius 3 is 2.82 bits per heavy atom. The molecule has 2 bridgehead atoms. The van der Waals surface area contributed by atoms with E-state index in [4.69, 9.17) is 17.0 Å². The summed E-state index contributed by atoms with van der Waals surface area (Å²) in [5, 5.41) is 8.77. The SMILES string of the molecule is C=CC1CN2CCC1C[C@H]2[C@@H](NC(=S)Nc1ccccc1)c1ccnc2ccc(OC)cc12. The number of para-hydroxylation sites is 1. The van der Waals surface area contributed by atoms with Crippen LogP contribution in [0.15, 0.2) is 73.4 Å². The number of hydrogen-bond acceptors (Lipinski definition) is 4. The Hall–Kier alpha value is -2.96. The van der Waals surface area contributed by atoms with Gasteiger partial charge >= 0.3 is 0 Å². The van der Waals surface area contributed by atoms with Crippen LogP contribution >= 0.6 is 12.2 Å². The highest BCUT2D eigenvalue weighted by Gasteiger charge is 2.43. The van der Waals surface area contributed by atoms with E-state index in [2.05, 4.69) is 45.3 Å². The number of fused-ring (bicyclic) bond motifs is 4. The van der Waals surface area contributed by atoms with Crippen LogP contribution < -0.4 is 15.4 Å². The topological polar surface area (TPSA) is 49.4 Å². The predicted molar refractivity (Wildman–Crippen MR) is 139 cm³/mol. The number of nitrogens with zero attached hydrogens (tertiary/aromatic N) is 2. The number of hydrogen-bond donors (Lipinski definition) is 2. The van der Waals surface area contributed by atoms with Gasteiger partial charge in [-0.05, 0) is 85.4 Å². The lowest BCUT2D eigenvalue weighted by atomic mass is 9.73. The van der Waals surface area contributed by atoms with Gasteiger partial charge < -0.3 is 15.4 Å². The molecule has 0 aliphatic carbocycles. The highest BCUT2D eigenvalue weighted by Crippen LogP contribution is 2.42. The Kier molecular flexibility index (Phi) is 6.29. The van der Waals surface area contributed by atoms with E-state index in [0.717, 1.165) is 41.9 Å². The minimum atomic E-state index is 0.0277. The molecule has 3 aliphatic rings. The lowest BCUT2D eigenvalue weighted by Gasteiger charge is -2.52. The first-order valence-electron chi connectivity index (χ1n) is 11.6. The van der Waals surface area contributed by atoms with Crippen LogP contribution in [0.5, 0.6) is 5.75 Å². The van der Waals surface area contributed by atoms with Crippen LogP contribution in [-0.2, 0) is 0 Å². The van der Waals surface area contributed by atoms with E-state index in [1.165, 1.54) is 12.0 Å². The second-order valence-corrected chi connectivity index (χ2v) is 9.38. The molecular formula is C27H30N4OS. The number of methoxy groups -OCH3 is 1. The Balaban J connectivity index is 1.51. The van der Waals surface area contributed by atoms with Crippen molar-refractivity contribution in [3.63, 3.8) is 0 Å². The molecule has 0 amide bonds. The number of piperidine rings is 3. The first-order chi connectivity index (χ1) is 16.2. The van der Waals surface area contributed by atoms with Crippen LogP contribution in [0.1, 0.15) is 24.4 Å². The summed E-state index contributed by atoms with van der Waals surface area (Å²) in [6.45, 7) is 6.26. The molecule has 1 aromatic heterocycles. The largest absolute Gasteiger partial charge is 0.497 e. The molecule has 6 heteroatoms. The lowest BCUT2D eigenvalue weighted by molar-refractivity contribution is 0.00443. The molecule has 0 spiro atoms. The van der Waals surface area contributed by atoms with E-state index >= 15 is 0 Å². The summed E-state index contributed by atoms with van der Waals surface area (Å²) in [6, 6.07) is 18.6. The summed E-state index contributed by atoms with van der Waals surface area (Å²) in [7, 11) is 1.70. The maximum Gasteiger partial charge on any atom is 0.171 e. The number of rotatable bonds is 6. The molecule has 3 aromatic rings.